The molecule has 0 spiro atoms. The number of amides is 1. The Hall–Kier alpha value is -2.14. The molecule has 1 heterocycles. The molecule has 1 aliphatic rings. The molecule has 144 valence electrons. The quantitative estimate of drug-likeness (QED) is 0.780. The van der Waals surface area contributed by atoms with E-state index in [4.69, 9.17) is 9.47 Å². The van der Waals surface area contributed by atoms with Crippen molar-refractivity contribution in [1.82, 2.24) is 5.32 Å². The molecule has 0 radical (unpaired) electrons. The second-order valence-corrected chi connectivity index (χ2v) is 8.80. The van der Waals surface area contributed by atoms with Crippen LogP contribution in [0.15, 0.2) is 48.5 Å². The van der Waals surface area contributed by atoms with Gasteiger partial charge in [0.15, 0.2) is 0 Å². The molecule has 0 fully saturated rings. The Morgan fingerprint density at radius 1 is 1.30 bits per heavy atom. The molecule has 1 aliphatic heterocycles. The van der Waals surface area contributed by atoms with Crippen LogP contribution in [0, 0.1) is 0 Å². The van der Waals surface area contributed by atoms with Gasteiger partial charge in [-0.2, -0.15) is 0 Å². The average molecular weight is 386 g/mol. The monoisotopic (exact) mass is 385 g/mol. The summed E-state index contributed by atoms with van der Waals surface area (Å²) >= 11 is 1.65. The standard InChI is InChI=1S/C22H27NO3S/c1-15(27-14-16-8-6-5-7-9-16)21(24)23-19-13-22(2,3)26-20-11-10-17(25-4)12-18(19)20/h5-12,15,19H,13-14H2,1-4H3,(H,23,24)/t15-,19+/m1/s1. The number of nitrogens with one attached hydrogen (secondary N) is 1. The van der Waals surface area contributed by atoms with Crippen LogP contribution in [0.2, 0.25) is 0 Å². The van der Waals surface area contributed by atoms with Crippen LogP contribution in [0.3, 0.4) is 0 Å². The highest BCUT2D eigenvalue weighted by molar-refractivity contribution is 7.99. The molecule has 0 saturated heterocycles. The fourth-order valence-corrected chi connectivity index (χ4v) is 4.10. The number of hydrogen-bond donors (Lipinski definition) is 1. The van der Waals surface area contributed by atoms with Crippen molar-refractivity contribution in [3.8, 4) is 11.5 Å². The molecular weight excluding hydrogens is 358 g/mol. The lowest BCUT2D eigenvalue weighted by Crippen LogP contribution is -2.43. The zero-order valence-corrected chi connectivity index (χ0v) is 17.1. The molecule has 0 aromatic heterocycles. The molecule has 1 amide bonds. The van der Waals surface area contributed by atoms with E-state index in [9.17, 15) is 4.79 Å². The van der Waals surface area contributed by atoms with E-state index in [0.29, 0.717) is 0 Å². The Balaban J connectivity index is 1.69. The van der Waals surface area contributed by atoms with Gasteiger partial charge in [0.05, 0.1) is 18.4 Å². The van der Waals surface area contributed by atoms with Crippen molar-refractivity contribution in [2.75, 3.05) is 7.11 Å². The maximum absolute atomic E-state index is 12.8. The number of carbonyl (C=O) groups excluding carboxylic acids is 1. The molecule has 0 aliphatic carbocycles. The van der Waals surface area contributed by atoms with Crippen LogP contribution in [0.25, 0.3) is 0 Å². The summed E-state index contributed by atoms with van der Waals surface area (Å²) in [6, 6.07) is 15.9. The zero-order valence-electron chi connectivity index (χ0n) is 16.3. The summed E-state index contributed by atoms with van der Waals surface area (Å²) in [4.78, 5) is 12.8. The number of benzene rings is 2. The lowest BCUT2D eigenvalue weighted by atomic mass is 9.89. The Morgan fingerprint density at radius 2 is 2.04 bits per heavy atom. The predicted molar refractivity (Wildman–Crippen MR) is 110 cm³/mol. The number of ether oxygens (including phenoxy) is 2. The third-order valence-corrected chi connectivity index (χ3v) is 5.92. The summed E-state index contributed by atoms with van der Waals surface area (Å²) < 4.78 is 11.4. The van der Waals surface area contributed by atoms with Crippen molar-refractivity contribution >= 4 is 17.7 Å². The predicted octanol–water partition coefficient (Wildman–Crippen LogP) is 4.74. The molecule has 4 nitrogen and oxygen atoms in total. The summed E-state index contributed by atoms with van der Waals surface area (Å²) in [5.74, 6) is 2.44. The van der Waals surface area contributed by atoms with Gasteiger partial charge in [-0.1, -0.05) is 30.3 Å². The third-order valence-electron chi connectivity index (χ3n) is 4.70. The van der Waals surface area contributed by atoms with Gasteiger partial charge in [0.2, 0.25) is 5.91 Å². The van der Waals surface area contributed by atoms with Crippen LogP contribution in [0.1, 0.15) is 44.4 Å². The minimum absolute atomic E-state index is 0.0485. The van der Waals surface area contributed by atoms with Crippen LogP contribution >= 0.6 is 11.8 Å². The van der Waals surface area contributed by atoms with Gasteiger partial charge in [-0.3, -0.25) is 4.79 Å². The van der Waals surface area contributed by atoms with Gasteiger partial charge < -0.3 is 14.8 Å². The molecule has 3 rings (SSSR count). The minimum Gasteiger partial charge on any atom is -0.497 e. The SMILES string of the molecule is COc1ccc2c(c1)[C@@H](NC(=O)[C@@H](C)SCc1ccccc1)CC(C)(C)O2. The highest BCUT2D eigenvalue weighted by Crippen LogP contribution is 2.41. The molecule has 0 bridgehead atoms. The van der Waals surface area contributed by atoms with Crippen molar-refractivity contribution < 1.29 is 14.3 Å². The second-order valence-electron chi connectivity index (χ2n) is 7.47. The van der Waals surface area contributed by atoms with Crippen LogP contribution in [-0.2, 0) is 10.5 Å². The Bertz CT molecular complexity index is 791. The van der Waals surface area contributed by atoms with Crippen molar-refractivity contribution in [2.24, 2.45) is 0 Å². The lowest BCUT2D eigenvalue weighted by molar-refractivity contribution is -0.121. The normalized spacial score (nSPS) is 18.7. The maximum Gasteiger partial charge on any atom is 0.233 e. The Morgan fingerprint density at radius 3 is 2.74 bits per heavy atom. The van der Waals surface area contributed by atoms with E-state index in [1.54, 1.807) is 18.9 Å². The largest absolute Gasteiger partial charge is 0.497 e. The topological polar surface area (TPSA) is 47.6 Å². The summed E-state index contributed by atoms with van der Waals surface area (Å²) in [6.45, 7) is 6.06. The van der Waals surface area contributed by atoms with E-state index in [1.165, 1.54) is 5.56 Å². The van der Waals surface area contributed by atoms with E-state index in [0.717, 1.165) is 29.2 Å². The van der Waals surface area contributed by atoms with Crippen LogP contribution in [0.5, 0.6) is 11.5 Å². The smallest absolute Gasteiger partial charge is 0.233 e. The molecule has 1 N–H and O–H groups in total. The van der Waals surface area contributed by atoms with E-state index < -0.39 is 0 Å². The van der Waals surface area contributed by atoms with Gasteiger partial charge in [0.1, 0.15) is 17.1 Å². The first-order valence-corrected chi connectivity index (χ1v) is 10.3. The molecule has 0 unspecified atom stereocenters. The summed E-state index contributed by atoms with van der Waals surface area (Å²) in [7, 11) is 1.64. The minimum atomic E-state index is -0.333. The summed E-state index contributed by atoms with van der Waals surface area (Å²) in [5, 5.41) is 3.09. The van der Waals surface area contributed by atoms with Gasteiger partial charge in [0.25, 0.3) is 0 Å². The number of hydrogen-bond acceptors (Lipinski definition) is 4. The average Bonchev–Trinajstić information content (AvgIpc) is 2.65. The highest BCUT2D eigenvalue weighted by atomic mass is 32.2. The lowest BCUT2D eigenvalue weighted by Gasteiger charge is -2.38. The molecule has 2 aromatic carbocycles. The first-order chi connectivity index (χ1) is 12.9. The van der Waals surface area contributed by atoms with Crippen LogP contribution < -0.4 is 14.8 Å². The first kappa shape index (κ1) is 19.6. The van der Waals surface area contributed by atoms with Gasteiger partial charge >= 0.3 is 0 Å². The zero-order chi connectivity index (χ0) is 19.4. The molecule has 5 heteroatoms. The molecule has 27 heavy (non-hydrogen) atoms. The fraction of sp³-hybridized carbons (Fsp3) is 0.409. The van der Waals surface area contributed by atoms with E-state index in [1.807, 2.05) is 57.2 Å². The molecule has 0 saturated carbocycles. The van der Waals surface area contributed by atoms with Crippen molar-refractivity contribution in [1.29, 1.82) is 0 Å². The van der Waals surface area contributed by atoms with Crippen molar-refractivity contribution in [2.45, 2.75) is 49.8 Å². The third kappa shape index (κ3) is 4.98. The molecule has 2 aromatic rings. The Labute approximate surface area is 165 Å². The number of fused-ring (bicyclic) bond motifs is 1. The Kier molecular flexibility index (Phi) is 6.00. The number of carbonyl (C=O) groups is 1. The highest BCUT2D eigenvalue weighted by Gasteiger charge is 2.35. The van der Waals surface area contributed by atoms with Crippen molar-refractivity contribution in [3.63, 3.8) is 0 Å². The fourth-order valence-electron chi connectivity index (χ4n) is 3.25. The molecular formula is C22H27NO3S. The van der Waals surface area contributed by atoms with Gasteiger partial charge in [-0.25, -0.2) is 0 Å². The number of thioether (sulfide) groups is 1. The van der Waals surface area contributed by atoms with E-state index in [-0.39, 0.29) is 22.8 Å². The maximum atomic E-state index is 12.8. The summed E-state index contributed by atoms with van der Waals surface area (Å²) in [5.41, 5.74) is 1.87. The van der Waals surface area contributed by atoms with Gasteiger partial charge in [-0.15, -0.1) is 11.8 Å². The van der Waals surface area contributed by atoms with Crippen LogP contribution in [0.4, 0.5) is 0 Å². The number of methoxy groups -OCH3 is 1. The van der Waals surface area contributed by atoms with Crippen LogP contribution in [-0.4, -0.2) is 23.9 Å². The summed E-state index contributed by atoms with van der Waals surface area (Å²) in [6.07, 6.45) is 0.717. The number of rotatable bonds is 6. The second kappa shape index (κ2) is 8.26. The van der Waals surface area contributed by atoms with Gasteiger partial charge in [0, 0.05) is 17.7 Å². The van der Waals surface area contributed by atoms with E-state index >= 15 is 0 Å². The van der Waals surface area contributed by atoms with Crippen molar-refractivity contribution in [3.05, 3.63) is 59.7 Å². The molecule has 2 atom stereocenters. The van der Waals surface area contributed by atoms with Gasteiger partial charge in [-0.05, 0) is 44.5 Å². The van der Waals surface area contributed by atoms with E-state index in [2.05, 4.69) is 17.4 Å². The first-order valence-electron chi connectivity index (χ1n) is 9.21.